The van der Waals surface area contributed by atoms with Gasteiger partial charge in [0.25, 0.3) is 0 Å². The van der Waals surface area contributed by atoms with Gasteiger partial charge in [-0.3, -0.25) is 9.67 Å². The van der Waals surface area contributed by atoms with E-state index in [-0.39, 0.29) is 35.3 Å². The highest BCUT2D eigenvalue weighted by molar-refractivity contribution is 7.17. The fourth-order valence-corrected chi connectivity index (χ4v) is 4.06. The molecule has 3 aromatic heterocycles. The number of carbonyl (C=O) groups is 1. The number of hydrogen-bond acceptors (Lipinski definition) is 6. The van der Waals surface area contributed by atoms with Crippen molar-refractivity contribution < 1.29 is 27.1 Å². The number of hydrogen-bond donors (Lipinski definition) is 1. The predicted octanol–water partition coefficient (Wildman–Crippen LogP) is 5.40. The van der Waals surface area contributed by atoms with E-state index in [4.69, 9.17) is 4.74 Å². The SMILES string of the molecule is Cc1nc(-c2cc(C(F)(F)F)n(CCc3ccc(F)cc3)n2)sc1OC(=O)NCc1cccnc1. The standard InChI is InChI=1S/C23H19F4N5O2S/c1-14-21(34-22(33)29-13-16-3-2-9-28-12-16)35-20(30-14)18-11-19(23(25,26)27)32(31-18)10-8-15-4-6-17(24)7-5-15/h2-7,9,11-12H,8,10,13H2,1H3,(H,29,33). The Balaban J connectivity index is 1.48. The maximum absolute atomic E-state index is 13.6. The Kier molecular flexibility index (Phi) is 7.10. The molecule has 0 radical (unpaired) electrons. The molecular formula is C23H19F4N5O2S. The van der Waals surface area contributed by atoms with E-state index >= 15 is 0 Å². The lowest BCUT2D eigenvalue weighted by Gasteiger charge is -2.10. The molecule has 0 saturated carbocycles. The van der Waals surface area contributed by atoms with Crippen LogP contribution in [0.25, 0.3) is 10.7 Å². The monoisotopic (exact) mass is 505 g/mol. The number of nitrogens with one attached hydrogen (secondary N) is 1. The zero-order valence-corrected chi connectivity index (χ0v) is 19.2. The van der Waals surface area contributed by atoms with Crippen molar-refractivity contribution in [3.8, 4) is 15.8 Å². The van der Waals surface area contributed by atoms with Gasteiger partial charge in [0.05, 0.1) is 5.69 Å². The topological polar surface area (TPSA) is 81.9 Å². The first-order chi connectivity index (χ1) is 16.7. The number of pyridine rings is 1. The zero-order valence-electron chi connectivity index (χ0n) is 18.3. The third-order valence-electron chi connectivity index (χ3n) is 4.91. The van der Waals surface area contributed by atoms with E-state index in [9.17, 15) is 22.4 Å². The smallest absolute Gasteiger partial charge is 0.397 e. The van der Waals surface area contributed by atoms with Crippen molar-refractivity contribution in [2.45, 2.75) is 32.6 Å². The summed E-state index contributed by atoms with van der Waals surface area (Å²) in [5, 5.41) is 7.01. The molecule has 1 amide bonds. The maximum atomic E-state index is 13.6. The lowest BCUT2D eigenvalue weighted by molar-refractivity contribution is -0.144. The predicted molar refractivity (Wildman–Crippen MR) is 120 cm³/mol. The number of thiazole rings is 1. The third kappa shape index (κ3) is 6.21. The van der Waals surface area contributed by atoms with Gasteiger partial charge < -0.3 is 10.1 Å². The first-order valence-corrected chi connectivity index (χ1v) is 11.2. The number of halogens is 4. The van der Waals surface area contributed by atoms with E-state index in [0.29, 0.717) is 11.3 Å². The second-order valence-corrected chi connectivity index (χ2v) is 8.47. The number of aryl methyl sites for hydroxylation is 3. The first kappa shape index (κ1) is 24.3. The summed E-state index contributed by atoms with van der Waals surface area (Å²) in [5.41, 5.74) is 0.872. The zero-order chi connectivity index (χ0) is 25.0. The van der Waals surface area contributed by atoms with Gasteiger partial charge in [0, 0.05) is 25.5 Å². The maximum Gasteiger partial charge on any atom is 0.433 e. The molecular weight excluding hydrogens is 486 g/mol. The number of nitrogens with zero attached hydrogens (tertiary/aromatic N) is 4. The van der Waals surface area contributed by atoms with Crippen molar-refractivity contribution in [1.82, 2.24) is 25.1 Å². The number of amides is 1. The molecule has 0 bridgehead atoms. The number of ether oxygens (including phenoxy) is 1. The fourth-order valence-electron chi connectivity index (χ4n) is 3.19. The largest absolute Gasteiger partial charge is 0.433 e. The molecule has 1 N–H and O–H groups in total. The van der Waals surface area contributed by atoms with E-state index in [0.717, 1.165) is 27.6 Å². The van der Waals surface area contributed by atoms with Crippen LogP contribution in [0.2, 0.25) is 0 Å². The van der Waals surface area contributed by atoms with Gasteiger partial charge in [0.1, 0.15) is 22.2 Å². The van der Waals surface area contributed by atoms with Crippen LogP contribution in [-0.2, 0) is 25.7 Å². The van der Waals surface area contributed by atoms with Gasteiger partial charge >= 0.3 is 12.3 Å². The van der Waals surface area contributed by atoms with Crippen molar-refractivity contribution in [2.24, 2.45) is 0 Å². The lowest BCUT2D eigenvalue weighted by Crippen LogP contribution is -2.26. The highest BCUT2D eigenvalue weighted by Crippen LogP contribution is 2.37. The van der Waals surface area contributed by atoms with Crippen LogP contribution in [0.1, 0.15) is 22.5 Å². The second-order valence-electron chi connectivity index (χ2n) is 7.51. The second kappa shape index (κ2) is 10.2. The van der Waals surface area contributed by atoms with Gasteiger partial charge in [-0.25, -0.2) is 14.2 Å². The quantitative estimate of drug-likeness (QED) is 0.340. The summed E-state index contributed by atoms with van der Waals surface area (Å²) in [6, 6.07) is 9.96. The summed E-state index contributed by atoms with van der Waals surface area (Å²) in [5.74, 6) is -0.422. The minimum absolute atomic E-state index is 0.00940. The number of alkyl halides is 3. The summed E-state index contributed by atoms with van der Waals surface area (Å²) in [6.07, 6.45) is -1.93. The average molecular weight is 505 g/mol. The summed E-state index contributed by atoms with van der Waals surface area (Å²) >= 11 is 0.920. The summed E-state index contributed by atoms with van der Waals surface area (Å²) in [6.45, 7) is 1.72. The van der Waals surface area contributed by atoms with Gasteiger partial charge in [-0.2, -0.15) is 18.3 Å². The van der Waals surface area contributed by atoms with Crippen LogP contribution in [-0.4, -0.2) is 25.8 Å². The number of aromatic nitrogens is 4. The van der Waals surface area contributed by atoms with Gasteiger partial charge in [-0.05, 0) is 48.7 Å². The molecule has 0 spiro atoms. The van der Waals surface area contributed by atoms with Crippen LogP contribution >= 0.6 is 11.3 Å². The molecule has 0 unspecified atom stereocenters. The minimum Gasteiger partial charge on any atom is -0.397 e. The van der Waals surface area contributed by atoms with E-state index in [2.05, 4.69) is 20.4 Å². The Morgan fingerprint density at radius 2 is 1.94 bits per heavy atom. The normalized spacial score (nSPS) is 11.5. The van der Waals surface area contributed by atoms with Gasteiger partial charge in [0.15, 0.2) is 0 Å². The molecule has 0 fully saturated rings. The van der Waals surface area contributed by atoms with Crippen LogP contribution in [0.4, 0.5) is 22.4 Å². The van der Waals surface area contributed by atoms with Crippen LogP contribution in [0.15, 0.2) is 54.9 Å². The van der Waals surface area contributed by atoms with Crippen molar-refractivity contribution in [2.75, 3.05) is 0 Å². The van der Waals surface area contributed by atoms with Crippen molar-refractivity contribution >= 4 is 17.4 Å². The van der Waals surface area contributed by atoms with Crippen molar-refractivity contribution in [3.63, 3.8) is 0 Å². The van der Waals surface area contributed by atoms with E-state index in [1.165, 1.54) is 24.3 Å². The van der Waals surface area contributed by atoms with E-state index in [1.807, 2.05) is 0 Å². The van der Waals surface area contributed by atoms with Crippen LogP contribution < -0.4 is 10.1 Å². The Morgan fingerprint density at radius 1 is 1.17 bits per heavy atom. The van der Waals surface area contributed by atoms with Crippen LogP contribution in [0.5, 0.6) is 5.06 Å². The molecule has 1 aromatic carbocycles. The molecule has 0 aliphatic heterocycles. The molecule has 0 atom stereocenters. The highest BCUT2D eigenvalue weighted by atomic mass is 32.1. The Hall–Kier alpha value is -3.80. The molecule has 12 heteroatoms. The number of carbonyl (C=O) groups excluding carboxylic acids is 1. The molecule has 4 rings (SSSR count). The number of rotatable bonds is 7. The van der Waals surface area contributed by atoms with Crippen LogP contribution in [0.3, 0.4) is 0 Å². The molecule has 3 heterocycles. The first-order valence-electron chi connectivity index (χ1n) is 10.4. The highest BCUT2D eigenvalue weighted by Gasteiger charge is 2.36. The molecule has 35 heavy (non-hydrogen) atoms. The Bertz CT molecular complexity index is 1300. The van der Waals surface area contributed by atoms with Crippen molar-refractivity contribution in [1.29, 1.82) is 0 Å². The summed E-state index contributed by atoms with van der Waals surface area (Å²) in [4.78, 5) is 20.3. The minimum atomic E-state index is -4.63. The summed E-state index contributed by atoms with van der Waals surface area (Å²) in [7, 11) is 0. The fraction of sp³-hybridized carbons (Fsp3) is 0.217. The van der Waals surface area contributed by atoms with E-state index < -0.39 is 23.8 Å². The average Bonchev–Trinajstić information content (AvgIpc) is 3.42. The van der Waals surface area contributed by atoms with Crippen LogP contribution in [0, 0.1) is 12.7 Å². The molecule has 182 valence electrons. The van der Waals surface area contributed by atoms with Gasteiger partial charge in [-0.1, -0.05) is 29.5 Å². The van der Waals surface area contributed by atoms with Gasteiger partial charge in [-0.15, -0.1) is 0 Å². The molecule has 0 aliphatic rings. The Labute approximate surface area is 201 Å². The summed E-state index contributed by atoms with van der Waals surface area (Å²) < 4.78 is 60.1. The van der Waals surface area contributed by atoms with Crippen molar-refractivity contribution in [3.05, 3.63) is 83.2 Å². The lowest BCUT2D eigenvalue weighted by atomic mass is 10.1. The number of benzene rings is 1. The molecule has 0 saturated heterocycles. The third-order valence-corrected chi connectivity index (χ3v) is 5.97. The molecule has 4 aromatic rings. The molecule has 0 aliphatic carbocycles. The molecule has 7 nitrogen and oxygen atoms in total. The Morgan fingerprint density at radius 3 is 2.63 bits per heavy atom. The van der Waals surface area contributed by atoms with Gasteiger partial charge in [0.2, 0.25) is 5.06 Å². The van der Waals surface area contributed by atoms with E-state index in [1.54, 1.807) is 31.5 Å².